The number of nitrogens with one attached hydrogen (secondary N) is 3. The average Bonchev–Trinajstić information content (AvgIpc) is 3.46. The van der Waals surface area contributed by atoms with E-state index in [2.05, 4.69) is 49.5 Å². The van der Waals surface area contributed by atoms with E-state index < -0.39 is 0 Å². The fourth-order valence-electron chi connectivity index (χ4n) is 4.27. The third kappa shape index (κ3) is 3.81. The van der Waals surface area contributed by atoms with Gasteiger partial charge in [-0.05, 0) is 36.8 Å². The predicted molar refractivity (Wildman–Crippen MR) is 130 cm³/mol. The van der Waals surface area contributed by atoms with Gasteiger partial charge in [-0.15, -0.1) is 0 Å². The quantitative estimate of drug-likeness (QED) is 0.373. The summed E-state index contributed by atoms with van der Waals surface area (Å²) in [5, 5.41) is 6.75. The minimum absolute atomic E-state index is 0.307. The summed E-state index contributed by atoms with van der Waals surface area (Å²) in [7, 11) is 0. The molecule has 1 fully saturated rings. The Labute approximate surface area is 195 Å². The molecule has 0 unspecified atom stereocenters. The molecule has 2 aromatic carbocycles. The van der Waals surface area contributed by atoms with Crippen LogP contribution in [0, 0.1) is 12.7 Å². The molecule has 9 nitrogen and oxygen atoms in total. The SMILES string of the molecule is Cc1cccc(-n2cnc3c(NCc4nc5cc(F)ccc5[nH]4)nc(N4CCNCC4)nc32)c1. The van der Waals surface area contributed by atoms with Crippen LogP contribution in [-0.2, 0) is 6.54 Å². The molecule has 3 aromatic heterocycles. The molecular formula is C24H24FN9. The highest BCUT2D eigenvalue weighted by Gasteiger charge is 2.20. The van der Waals surface area contributed by atoms with E-state index in [-0.39, 0.29) is 5.82 Å². The molecule has 4 heterocycles. The van der Waals surface area contributed by atoms with Crippen molar-refractivity contribution in [3.63, 3.8) is 0 Å². The number of piperazine rings is 1. The number of fused-ring (bicyclic) bond motifs is 2. The first-order valence-corrected chi connectivity index (χ1v) is 11.3. The van der Waals surface area contributed by atoms with Crippen LogP contribution in [-0.4, -0.2) is 55.7 Å². The summed E-state index contributed by atoms with van der Waals surface area (Å²) >= 11 is 0. The molecule has 6 rings (SSSR count). The Morgan fingerprint density at radius 2 is 1.94 bits per heavy atom. The van der Waals surface area contributed by atoms with Crippen molar-refractivity contribution in [3.8, 4) is 5.69 Å². The van der Waals surface area contributed by atoms with Crippen molar-refractivity contribution in [1.82, 2.24) is 34.8 Å². The number of imidazole rings is 2. The van der Waals surface area contributed by atoms with E-state index in [0.717, 1.165) is 48.6 Å². The Morgan fingerprint density at radius 3 is 2.79 bits per heavy atom. The number of halogens is 1. The van der Waals surface area contributed by atoms with Crippen molar-refractivity contribution < 1.29 is 4.39 Å². The number of aryl methyl sites for hydroxylation is 1. The van der Waals surface area contributed by atoms with Gasteiger partial charge in [0.2, 0.25) is 5.95 Å². The number of hydrogen-bond donors (Lipinski definition) is 3. The molecule has 1 aliphatic rings. The molecule has 3 N–H and O–H groups in total. The Bertz CT molecular complexity index is 1480. The van der Waals surface area contributed by atoms with Gasteiger partial charge in [0.1, 0.15) is 18.0 Å². The molecule has 34 heavy (non-hydrogen) atoms. The summed E-state index contributed by atoms with van der Waals surface area (Å²) in [5.74, 6) is 1.68. The second kappa shape index (κ2) is 8.38. The van der Waals surface area contributed by atoms with Crippen LogP contribution >= 0.6 is 0 Å². The van der Waals surface area contributed by atoms with Gasteiger partial charge in [-0.3, -0.25) is 4.57 Å². The summed E-state index contributed by atoms with van der Waals surface area (Å²) in [4.78, 5) is 24.3. The zero-order chi connectivity index (χ0) is 23.1. The summed E-state index contributed by atoms with van der Waals surface area (Å²) < 4.78 is 15.5. The van der Waals surface area contributed by atoms with Crippen LogP contribution in [0.25, 0.3) is 27.9 Å². The zero-order valence-corrected chi connectivity index (χ0v) is 18.7. The Morgan fingerprint density at radius 1 is 1.06 bits per heavy atom. The molecule has 0 atom stereocenters. The minimum Gasteiger partial charge on any atom is -0.361 e. The van der Waals surface area contributed by atoms with E-state index in [1.165, 1.54) is 12.1 Å². The lowest BCUT2D eigenvalue weighted by Gasteiger charge is -2.27. The lowest BCUT2D eigenvalue weighted by molar-refractivity contribution is 0.580. The van der Waals surface area contributed by atoms with Crippen LogP contribution in [0.4, 0.5) is 16.2 Å². The molecular weight excluding hydrogens is 433 g/mol. The minimum atomic E-state index is -0.307. The van der Waals surface area contributed by atoms with Crippen molar-refractivity contribution in [2.24, 2.45) is 0 Å². The van der Waals surface area contributed by atoms with Crippen molar-refractivity contribution in [1.29, 1.82) is 0 Å². The first-order chi connectivity index (χ1) is 16.6. The van der Waals surface area contributed by atoms with E-state index in [1.807, 2.05) is 16.7 Å². The standard InChI is InChI=1S/C24H24FN9/c1-15-3-2-4-17(11-15)34-14-28-21-22(31-24(32-23(21)34)33-9-7-26-8-10-33)27-13-20-29-18-6-5-16(25)12-19(18)30-20/h2-6,11-12,14,26H,7-10,13H2,1H3,(H,29,30)(H,27,31,32). The number of H-pyrrole nitrogens is 1. The number of hydrogen-bond acceptors (Lipinski definition) is 7. The topological polar surface area (TPSA) is 99.6 Å². The maximum atomic E-state index is 13.6. The Hall–Kier alpha value is -4.05. The highest BCUT2D eigenvalue weighted by Crippen LogP contribution is 2.26. The van der Waals surface area contributed by atoms with Gasteiger partial charge in [0.05, 0.1) is 17.6 Å². The van der Waals surface area contributed by atoms with Crippen LogP contribution in [0.1, 0.15) is 11.4 Å². The van der Waals surface area contributed by atoms with Gasteiger partial charge in [-0.25, -0.2) is 14.4 Å². The lowest BCUT2D eigenvalue weighted by Crippen LogP contribution is -2.44. The number of benzene rings is 2. The van der Waals surface area contributed by atoms with Crippen LogP contribution in [0.3, 0.4) is 0 Å². The molecule has 0 bridgehead atoms. The molecule has 0 radical (unpaired) electrons. The van der Waals surface area contributed by atoms with Crippen LogP contribution in [0.2, 0.25) is 0 Å². The van der Waals surface area contributed by atoms with E-state index in [0.29, 0.717) is 35.2 Å². The summed E-state index contributed by atoms with van der Waals surface area (Å²) in [6.07, 6.45) is 1.78. The van der Waals surface area contributed by atoms with Crippen molar-refractivity contribution in [3.05, 3.63) is 66.0 Å². The van der Waals surface area contributed by atoms with E-state index in [9.17, 15) is 4.39 Å². The summed E-state index contributed by atoms with van der Waals surface area (Å²) in [5.41, 5.74) is 4.96. The monoisotopic (exact) mass is 457 g/mol. The van der Waals surface area contributed by atoms with Crippen molar-refractivity contribution >= 4 is 34.0 Å². The summed E-state index contributed by atoms with van der Waals surface area (Å²) in [6.45, 7) is 5.89. The highest BCUT2D eigenvalue weighted by molar-refractivity contribution is 5.85. The molecule has 172 valence electrons. The van der Waals surface area contributed by atoms with Gasteiger partial charge in [0.25, 0.3) is 0 Å². The van der Waals surface area contributed by atoms with Crippen molar-refractivity contribution in [2.45, 2.75) is 13.5 Å². The predicted octanol–water partition coefficient (Wildman–Crippen LogP) is 3.16. The van der Waals surface area contributed by atoms with Gasteiger partial charge < -0.3 is 20.5 Å². The highest BCUT2D eigenvalue weighted by atomic mass is 19.1. The number of aromatic amines is 1. The fraction of sp³-hybridized carbons (Fsp3) is 0.250. The van der Waals surface area contributed by atoms with E-state index in [1.54, 1.807) is 12.4 Å². The molecule has 10 heteroatoms. The van der Waals surface area contributed by atoms with Gasteiger partial charge >= 0.3 is 0 Å². The van der Waals surface area contributed by atoms with Gasteiger partial charge in [0, 0.05) is 37.9 Å². The van der Waals surface area contributed by atoms with E-state index in [4.69, 9.17) is 9.97 Å². The number of anilines is 2. The van der Waals surface area contributed by atoms with Crippen LogP contribution in [0.5, 0.6) is 0 Å². The maximum Gasteiger partial charge on any atom is 0.229 e. The zero-order valence-electron chi connectivity index (χ0n) is 18.7. The third-order valence-corrected chi connectivity index (χ3v) is 5.98. The number of aromatic nitrogens is 6. The van der Waals surface area contributed by atoms with Crippen molar-refractivity contribution in [2.75, 3.05) is 36.4 Å². The molecule has 1 aliphatic heterocycles. The Balaban J connectivity index is 1.40. The smallest absolute Gasteiger partial charge is 0.229 e. The third-order valence-electron chi connectivity index (χ3n) is 5.98. The molecule has 1 saturated heterocycles. The largest absolute Gasteiger partial charge is 0.361 e. The molecule has 5 aromatic rings. The van der Waals surface area contributed by atoms with Gasteiger partial charge in [-0.2, -0.15) is 9.97 Å². The normalized spacial score (nSPS) is 14.2. The first-order valence-electron chi connectivity index (χ1n) is 11.3. The average molecular weight is 458 g/mol. The van der Waals surface area contributed by atoms with Gasteiger partial charge in [-0.1, -0.05) is 12.1 Å². The van der Waals surface area contributed by atoms with Crippen LogP contribution in [0.15, 0.2) is 48.8 Å². The molecule has 0 amide bonds. The van der Waals surface area contributed by atoms with Gasteiger partial charge in [0.15, 0.2) is 17.0 Å². The fourth-order valence-corrected chi connectivity index (χ4v) is 4.27. The second-order valence-electron chi connectivity index (χ2n) is 8.43. The first kappa shape index (κ1) is 20.5. The second-order valence-corrected chi connectivity index (χ2v) is 8.43. The molecule has 0 saturated carbocycles. The molecule has 0 spiro atoms. The van der Waals surface area contributed by atoms with Crippen LogP contribution < -0.4 is 15.5 Å². The molecule has 0 aliphatic carbocycles. The maximum absolute atomic E-state index is 13.6. The number of rotatable bonds is 5. The van der Waals surface area contributed by atoms with E-state index >= 15 is 0 Å². The Kier molecular flexibility index (Phi) is 5.06. The number of nitrogens with zero attached hydrogens (tertiary/aromatic N) is 6. The lowest BCUT2D eigenvalue weighted by atomic mass is 10.2. The summed E-state index contributed by atoms with van der Waals surface area (Å²) in [6, 6.07) is 12.8.